The lowest BCUT2D eigenvalue weighted by atomic mass is 10.2. The summed E-state index contributed by atoms with van der Waals surface area (Å²) in [5.74, 6) is -0.280. The molecule has 0 bridgehead atoms. The molecule has 0 spiro atoms. The van der Waals surface area contributed by atoms with E-state index >= 15 is 0 Å². The van der Waals surface area contributed by atoms with Crippen LogP contribution in [0.2, 0.25) is 5.02 Å². The molecule has 2 aromatic carbocycles. The molecule has 0 amide bonds. The summed E-state index contributed by atoms with van der Waals surface area (Å²) in [7, 11) is 0. The van der Waals surface area contributed by atoms with Gasteiger partial charge in [0.15, 0.2) is 0 Å². The van der Waals surface area contributed by atoms with Gasteiger partial charge >= 0.3 is 0 Å². The quantitative estimate of drug-likeness (QED) is 0.635. The van der Waals surface area contributed by atoms with Gasteiger partial charge in [0, 0.05) is 11.4 Å². The maximum Gasteiger partial charge on any atom is 0.260 e. The van der Waals surface area contributed by atoms with E-state index in [0.717, 1.165) is 0 Å². The van der Waals surface area contributed by atoms with Gasteiger partial charge in [-0.05, 0) is 36.4 Å². The summed E-state index contributed by atoms with van der Waals surface area (Å²) in [5, 5.41) is 3.25. The molecule has 0 aliphatic carbocycles. The number of H-pyrrole nitrogens is 1. The van der Waals surface area contributed by atoms with E-state index < -0.39 is 5.82 Å². The van der Waals surface area contributed by atoms with E-state index in [1.54, 1.807) is 18.2 Å². The van der Waals surface area contributed by atoms with E-state index in [0.29, 0.717) is 22.3 Å². The Bertz CT molecular complexity index is 894. The van der Waals surface area contributed by atoms with Crippen LogP contribution in [-0.4, -0.2) is 9.97 Å². The van der Waals surface area contributed by atoms with Gasteiger partial charge in [-0.3, -0.25) is 9.78 Å². The molecule has 0 radical (unpaired) electrons. The van der Waals surface area contributed by atoms with Gasteiger partial charge in [0.2, 0.25) is 5.95 Å². The van der Waals surface area contributed by atoms with Crippen LogP contribution in [-0.2, 0) is 0 Å². The minimum atomic E-state index is -0.516. The molecule has 0 fully saturated rings. The van der Waals surface area contributed by atoms with Gasteiger partial charge < -0.3 is 11.1 Å². The van der Waals surface area contributed by atoms with E-state index in [2.05, 4.69) is 15.3 Å². The second kappa shape index (κ2) is 5.06. The van der Waals surface area contributed by atoms with Crippen molar-refractivity contribution in [3.8, 4) is 0 Å². The van der Waals surface area contributed by atoms with Crippen LogP contribution in [0.15, 0.2) is 41.2 Å². The number of nitrogens with two attached hydrogens (primary N) is 1. The normalized spacial score (nSPS) is 10.8. The van der Waals surface area contributed by atoms with Crippen molar-refractivity contribution in [3.05, 3.63) is 57.6 Å². The van der Waals surface area contributed by atoms with E-state index in [9.17, 15) is 9.18 Å². The molecule has 4 N–H and O–H groups in total. The molecular formula is C14H10ClFN4O. The second-order valence-corrected chi connectivity index (χ2v) is 4.85. The van der Waals surface area contributed by atoms with Crippen molar-refractivity contribution < 1.29 is 4.39 Å². The fourth-order valence-corrected chi connectivity index (χ4v) is 2.11. The number of aromatic nitrogens is 2. The molecule has 3 aromatic rings. The number of nitrogens with one attached hydrogen (secondary N) is 2. The molecule has 3 rings (SSSR count). The second-order valence-electron chi connectivity index (χ2n) is 4.45. The SMILES string of the molecule is Nc1ccc2nc(Nc3ccc(F)c(Cl)c3)[nH]c(=O)c2c1. The van der Waals surface area contributed by atoms with Gasteiger partial charge in [0.05, 0.1) is 15.9 Å². The Morgan fingerprint density at radius 1 is 1.24 bits per heavy atom. The fourth-order valence-electron chi connectivity index (χ4n) is 1.93. The Hall–Kier alpha value is -2.60. The summed E-state index contributed by atoms with van der Waals surface area (Å²) in [6.07, 6.45) is 0. The molecule has 0 atom stereocenters. The van der Waals surface area contributed by atoms with Crippen molar-refractivity contribution in [2.24, 2.45) is 0 Å². The highest BCUT2D eigenvalue weighted by molar-refractivity contribution is 6.31. The first-order valence-electron chi connectivity index (χ1n) is 6.04. The predicted molar refractivity (Wildman–Crippen MR) is 81.5 cm³/mol. The summed E-state index contributed by atoms with van der Waals surface area (Å²) in [5.41, 5.74) is 6.83. The van der Waals surface area contributed by atoms with E-state index in [1.807, 2.05) is 0 Å². The maximum atomic E-state index is 13.1. The van der Waals surface area contributed by atoms with Crippen molar-refractivity contribution in [1.29, 1.82) is 0 Å². The standard InChI is InChI=1S/C14H10ClFN4O/c15-10-6-8(2-3-11(10)16)18-14-19-12-4-1-7(17)5-9(12)13(21)20-14/h1-6H,17H2,(H2,18,19,20,21). The molecular weight excluding hydrogens is 295 g/mol. The first-order chi connectivity index (χ1) is 10.0. The highest BCUT2D eigenvalue weighted by Gasteiger charge is 2.06. The summed E-state index contributed by atoms with van der Waals surface area (Å²) >= 11 is 5.70. The lowest BCUT2D eigenvalue weighted by Crippen LogP contribution is -2.11. The zero-order valence-corrected chi connectivity index (χ0v) is 11.4. The molecule has 0 saturated heterocycles. The molecule has 0 unspecified atom stereocenters. The third-order valence-corrected chi connectivity index (χ3v) is 3.20. The predicted octanol–water partition coefficient (Wildman–Crippen LogP) is 3.04. The summed E-state index contributed by atoms with van der Waals surface area (Å²) in [4.78, 5) is 18.8. The van der Waals surface area contributed by atoms with Crippen LogP contribution < -0.4 is 16.6 Å². The average molecular weight is 305 g/mol. The number of nitrogens with zero attached hydrogens (tertiary/aromatic N) is 1. The van der Waals surface area contributed by atoms with Gasteiger partial charge in [0.25, 0.3) is 5.56 Å². The van der Waals surface area contributed by atoms with Crippen LogP contribution in [0.4, 0.5) is 21.7 Å². The smallest absolute Gasteiger partial charge is 0.260 e. The molecule has 7 heteroatoms. The highest BCUT2D eigenvalue weighted by atomic mass is 35.5. The van der Waals surface area contributed by atoms with Gasteiger partial charge in [-0.1, -0.05) is 11.6 Å². The first-order valence-corrected chi connectivity index (χ1v) is 6.42. The lowest BCUT2D eigenvalue weighted by Gasteiger charge is -2.07. The molecule has 106 valence electrons. The number of anilines is 3. The number of nitrogen functional groups attached to an aromatic ring is 1. The maximum absolute atomic E-state index is 13.1. The third-order valence-electron chi connectivity index (χ3n) is 2.91. The Morgan fingerprint density at radius 3 is 2.81 bits per heavy atom. The van der Waals surface area contributed by atoms with Crippen molar-refractivity contribution >= 4 is 39.8 Å². The number of halogens is 2. The average Bonchev–Trinajstić information content (AvgIpc) is 2.44. The molecule has 1 heterocycles. The van der Waals surface area contributed by atoms with Crippen LogP contribution in [0.25, 0.3) is 10.9 Å². The Kier molecular flexibility index (Phi) is 3.23. The minimum absolute atomic E-state index is 0.0177. The van der Waals surface area contributed by atoms with Crippen molar-refractivity contribution in [2.45, 2.75) is 0 Å². The fraction of sp³-hybridized carbons (Fsp3) is 0. The zero-order chi connectivity index (χ0) is 15.0. The number of rotatable bonds is 2. The number of aromatic amines is 1. The summed E-state index contributed by atoms with van der Waals surface area (Å²) < 4.78 is 13.1. The first kappa shape index (κ1) is 13.4. The number of hydrogen-bond donors (Lipinski definition) is 3. The van der Waals surface area contributed by atoms with Crippen LogP contribution >= 0.6 is 11.6 Å². The van der Waals surface area contributed by atoms with Crippen molar-refractivity contribution in [3.63, 3.8) is 0 Å². The van der Waals surface area contributed by atoms with Gasteiger partial charge in [-0.15, -0.1) is 0 Å². The molecule has 0 saturated carbocycles. The number of hydrogen-bond acceptors (Lipinski definition) is 4. The van der Waals surface area contributed by atoms with E-state index in [1.165, 1.54) is 18.2 Å². The monoisotopic (exact) mass is 304 g/mol. The number of benzene rings is 2. The largest absolute Gasteiger partial charge is 0.399 e. The van der Waals surface area contributed by atoms with Crippen molar-refractivity contribution in [2.75, 3.05) is 11.1 Å². The van der Waals surface area contributed by atoms with Gasteiger partial charge in [-0.2, -0.15) is 0 Å². The lowest BCUT2D eigenvalue weighted by molar-refractivity contribution is 0.628. The third kappa shape index (κ3) is 2.66. The number of fused-ring (bicyclic) bond motifs is 1. The topological polar surface area (TPSA) is 83.8 Å². The van der Waals surface area contributed by atoms with E-state index in [-0.39, 0.29) is 16.5 Å². The van der Waals surface area contributed by atoms with Gasteiger partial charge in [0.1, 0.15) is 5.82 Å². The van der Waals surface area contributed by atoms with Crippen LogP contribution in [0.5, 0.6) is 0 Å². The Labute approximate surface area is 123 Å². The Balaban J connectivity index is 2.03. The molecule has 0 aliphatic heterocycles. The van der Waals surface area contributed by atoms with Crippen LogP contribution in [0.3, 0.4) is 0 Å². The highest BCUT2D eigenvalue weighted by Crippen LogP contribution is 2.21. The molecule has 0 aliphatic rings. The molecule has 5 nitrogen and oxygen atoms in total. The molecule has 21 heavy (non-hydrogen) atoms. The van der Waals surface area contributed by atoms with E-state index in [4.69, 9.17) is 17.3 Å². The zero-order valence-electron chi connectivity index (χ0n) is 10.7. The summed E-state index contributed by atoms with van der Waals surface area (Å²) in [6.45, 7) is 0. The molecule has 1 aromatic heterocycles. The van der Waals surface area contributed by atoms with Crippen LogP contribution in [0, 0.1) is 5.82 Å². The van der Waals surface area contributed by atoms with Gasteiger partial charge in [-0.25, -0.2) is 9.37 Å². The Morgan fingerprint density at radius 2 is 2.05 bits per heavy atom. The van der Waals surface area contributed by atoms with Crippen molar-refractivity contribution in [1.82, 2.24) is 9.97 Å². The summed E-state index contributed by atoms with van der Waals surface area (Å²) in [6, 6.07) is 9.00. The minimum Gasteiger partial charge on any atom is -0.399 e. The van der Waals surface area contributed by atoms with Crippen LogP contribution in [0.1, 0.15) is 0 Å².